The van der Waals surface area contributed by atoms with Gasteiger partial charge in [-0.1, -0.05) is 0 Å². The average molecular weight is 140 g/mol. The molecule has 0 radical (unpaired) electrons. The highest BCUT2D eigenvalue weighted by atomic mass is 16.1. The van der Waals surface area contributed by atoms with Crippen LogP contribution in [0.4, 0.5) is 0 Å². The molecule has 0 saturated carbocycles. The van der Waals surface area contributed by atoms with Crippen LogP contribution >= 0.6 is 0 Å². The van der Waals surface area contributed by atoms with Crippen molar-refractivity contribution >= 4 is 6.41 Å². The zero-order valence-corrected chi connectivity index (χ0v) is 6.25. The molecular weight excluding hydrogens is 126 g/mol. The van der Waals surface area contributed by atoms with E-state index in [2.05, 4.69) is 0 Å². The molecule has 0 aromatic rings. The van der Waals surface area contributed by atoms with E-state index in [0.717, 1.165) is 36.4 Å². The zero-order chi connectivity index (χ0) is 7.03. The molecule has 2 bridgehead atoms. The van der Waals surface area contributed by atoms with Crippen molar-refractivity contribution in [1.82, 2.24) is 0 Å². The minimum absolute atomic E-state index is 0.774. The summed E-state index contributed by atoms with van der Waals surface area (Å²) in [5.74, 6) is 0.958. The first-order valence-corrected chi connectivity index (χ1v) is 4.17. The number of piperidine rings is 3. The molecule has 10 heavy (non-hydrogen) atoms. The first kappa shape index (κ1) is 6.35. The Balaban J connectivity index is 2.15. The molecule has 0 N–H and O–H groups in total. The van der Waals surface area contributed by atoms with Crippen LogP contribution in [-0.4, -0.2) is 30.5 Å². The number of hydrogen-bond donors (Lipinski definition) is 0. The SMILES string of the molecule is O=C[N+]12CCC(CC1)CC2. The normalized spacial score (nSPS) is 45.4. The van der Waals surface area contributed by atoms with E-state index in [1.54, 1.807) is 0 Å². The summed E-state index contributed by atoms with van der Waals surface area (Å²) in [6, 6.07) is 0. The Kier molecular flexibility index (Phi) is 1.31. The van der Waals surface area contributed by atoms with Crippen molar-refractivity contribution < 1.29 is 9.28 Å². The van der Waals surface area contributed by atoms with Crippen LogP contribution in [0.1, 0.15) is 19.3 Å². The monoisotopic (exact) mass is 140 g/mol. The van der Waals surface area contributed by atoms with Gasteiger partial charge in [0, 0.05) is 19.3 Å². The quantitative estimate of drug-likeness (QED) is 0.388. The number of nitrogens with zero attached hydrogens (tertiary/aromatic N) is 1. The molecule has 3 aliphatic heterocycles. The molecule has 0 aromatic heterocycles. The maximum Gasteiger partial charge on any atom is 0.301 e. The molecular formula is C8H14NO+. The highest BCUT2D eigenvalue weighted by molar-refractivity contribution is 5.37. The van der Waals surface area contributed by atoms with Crippen molar-refractivity contribution in [2.75, 3.05) is 19.6 Å². The Morgan fingerprint density at radius 2 is 1.60 bits per heavy atom. The van der Waals surface area contributed by atoms with Crippen molar-refractivity contribution in [1.29, 1.82) is 0 Å². The second kappa shape index (κ2) is 2.06. The fourth-order valence-electron chi connectivity index (χ4n) is 2.25. The topological polar surface area (TPSA) is 17.1 Å². The van der Waals surface area contributed by atoms with E-state index in [-0.39, 0.29) is 0 Å². The lowest BCUT2D eigenvalue weighted by molar-refractivity contribution is -0.862. The number of fused-ring (bicyclic) bond motifs is 3. The molecule has 0 aromatic carbocycles. The van der Waals surface area contributed by atoms with Crippen LogP contribution in [0.15, 0.2) is 0 Å². The first-order valence-electron chi connectivity index (χ1n) is 4.17. The van der Waals surface area contributed by atoms with E-state index in [4.69, 9.17) is 0 Å². The van der Waals surface area contributed by atoms with Crippen LogP contribution < -0.4 is 0 Å². The van der Waals surface area contributed by atoms with Crippen LogP contribution in [-0.2, 0) is 4.79 Å². The van der Waals surface area contributed by atoms with Crippen molar-refractivity contribution in [3.8, 4) is 0 Å². The fourth-order valence-corrected chi connectivity index (χ4v) is 2.25. The van der Waals surface area contributed by atoms with Gasteiger partial charge >= 0.3 is 6.41 Å². The molecule has 0 aliphatic carbocycles. The molecule has 0 spiro atoms. The number of carbonyl (C=O) groups excluding carboxylic acids is 1. The Hall–Kier alpha value is -0.370. The summed E-state index contributed by atoms with van der Waals surface area (Å²) in [5, 5.41) is 0. The number of rotatable bonds is 1. The van der Waals surface area contributed by atoms with E-state index < -0.39 is 0 Å². The summed E-state index contributed by atoms with van der Waals surface area (Å²) < 4.78 is 0.774. The van der Waals surface area contributed by atoms with E-state index in [9.17, 15) is 4.79 Å². The highest BCUT2D eigenvalue weighted by Gasteiger charge is 2.39. The second-order valence-corrected chi connectivity index (χ2v) is 3.73. The van der Waals surface area contributed by atoms with Crippen molar-refractivity contribution in [2.24, 2.45) is 5.92 Å². The molecule has 3 heterocycles. The van der Waals surface area contributed by atoms with Crippen LogP contribution in [0.5, 0.6) is 0 Å². The maximum absolute atomic E-state index is 10.7. The van der Waals surface area contributed by atoms with Crippen LogP contribution in [0, 0.1) is 5.92 Å². The van der Waals surface area contributed by atoms with Gasteiger partial charge in [0.1, 0.15) is 0 Å². The summed E-state index contributed by atoms with van der Waals surface area (Å²) in [7, 11) is 0. The molecule has 1 amide bonds. The standard InChI is InChI=1S/C8H14NO/c10-7-9-4-1-8(2-5-9)3-6-9/h7-8H,1-6H2/q+1. The van der Waals surface area contributed by atoms with E-state index in [1.165, 1.54) is 19.3 Å². The summed E-state index contributed by atoms with van der Waals surface area (Å²) in [6.45, 7) is 3.36. The Morgan fingerprint density at radius 3 is 1.90 bits per heavy atom. The summed E-state index contributed by atoms with van der Waals surface area (Å²) in [6.07, 6.45) is 5.03. The molecule has 3 saturated heterocycles. The van der Waals surface area contributed by atoms with Gasteiger partial charge in [0.2, 0.25) is 0 Å². The van der Waals surface area contributed by atoms with Gasteiger partial charge < -0.3 is 0 Å². The lowest BCUT2D eigenvalue weighted by Crippen LogP contribution is -2.57. The highest BCUT2D eigenvalue weighted by Crippen LogP contribution is 2.31. The summed E-state index contributed by atoms with van der Waals surface area (Å²) in [4.78, 5) is 10.7. The lowest BCUT2D eigenvalue weighted by atomic mass is 9.86. The largest absolute Gasteiger partial charge is 0.301 e. The Labute approximate surface area is 61.4 Å². The van der Waals surface area contributed by atoms with Crippen LogP contribution in [0.3, 0.4) is 0 Å². The van der Waals surface area contributed by atoms with Crippen molar-refractivity contribution in [3.63, 3.8) is 0 Å². The van der Waals surface area contributed by atoms with Gasteiger partial charge in [0.05, 0.1) is 19.6 Å². The fraction of sp³-hybridized carbons (Fsp3) is 0.875. The van der Waals surface area contributed by atoms with Gasteiger partial charge in [-0.25, -0.2) is 4.79 Å². The predicted molar refractivity (Wildman–Crippen MR) is 38.3 cm³/mol. The number of hydrogen-bond acceptors (Lipinski definition) is 1. The predicted octanol–water partition coefficient (Wildman–Crippen LogP) is 0.773. The van der Waals surface area contributed by atoms with Gasteiger partial charge in [0.15, 0.2) is 0 Å². The van der Waals surface area contributed by atoms with Gasteiger partial charge in [-0.3, -0.25) is 4.48 Å². The van der Waals surface area contributed by atoms with Crippen molar-refractivity contribution in [2.45, 2.75) is 19.3 Å². The third-order valence-electron chi connectivity index (χ3n) is 3.17. The minimum atomic E-state index is 0.774. The van der Waals surface area contributed by atoms with Gasteiger partial charge in [0.25, 0.3) is 0 Å². The molecule has 0 unspecified atom stereocenters. The molecule has 2 heteroatoms. The van der Waals surface area contributed by atoms with Gasteiger partial charge in [-0.05, 0) is 5.92 Å². The zero-order valence-electron chi connectivity index (χ0n) is 6.25. The average Bonchev–Trinajstić information content (AvgIpc) is 2.08. The number of amides is 1. The Bertz CT molecular complexity index is 134. The molecule has 2 nitrogen and oxygen atoms in total. The smallest absolute Gasteiger partial charge is 0.263 e. The first-order chi connectivity index (χ1) is 4.85. The van der Waals surface area contributed by atoms with E-state index in [1.807, 2.05) is 0 Å². The third-order valence-corrected chi connectivity index (χ3v) is 3.17. The molecule has 3 fully saturated rings. The maximum atomic E-state index is 10.7. The molecule has 0 atom stereocenters. The van der Waals surface area contributed by atoms with Crippen molar-refractivity contribution in [3.05, 3.63) is 0 Å². The number of carbonyl (C=O) groups is 1. The molecule has 56 valence electrons. The van der Waals surface area contributed by atoms with E-state index >= 15 is 0 Å². The van der Waals surface area contributed by atoms with Gasteiger partial charge in [-0.15, -0.1) is 0 Å². The summed E-state index contributed by atoms with van der Waals surface area (Å²) in [5.41, 5.74) is 0. The third kappa shape index (κ3) is 0.788. The van der Waals surface area contributed by atoms with Gasteiger partial charge in [-0.2, -0.15) is 0 Å². The second-order valence-electron chi connectivity index (χ2n) is 3.73. The van der Waals surface area contributed by atoms with Crippen LogP contribution in [0.25, 0.3) is 0 Å². The molecule has 3 rings (SSSR count). The number of quaternary nitrogens is 1. The summed E-state index contributed by atoms with van der Waals surface area (Å²) >= 11 is 0. The van der Waals surface area contributed by atoms with E-state index in [0.29, 0.717) is 0 Å². The molecule has 3 aliphatic rings. The lowest BCUT2D eigenvalue weighted by Gasteiger charge is -2.44. The van der Waals surface area contributed by atoms with Crippen LogP contribution in [0.2, 0.25) is 0 Å². The Morgan fingerprint density at radius 1 is 1.10 bits per heavy atom. The minimum Gasteiger partial charge on any atom is -0.263 e.